The number of hydrogen-bond donors (Lipinski definition) is 1. The number of aromatic amines is 1. The monoisotopic (exact) mass is 356 g/mol. The number of hydrogen-bond acceptors (Lipinski definition) is 5. The molecule has 6 nitrogen and oxygen atoms in total. The molecule has 0 unspecified atom stereocenters. The Labute approximate surface area is 154 Å². The molecular formula is C20H28N4O2. The van der Waals surface area contributed by atoms with Gasteiger partial charge in [0.05, 0.1) is 7.11 Å². The molecule has 0 aliphatic carbocycles. The normalized spacial score (nSPS) is 14.8. The van der Waals surface area contributed by atoms with Crippen molar-refractivity contribution in [3.63, 3.8) is 0 Å². The summed E-state index contributed by atoms with van der Waals surface area (Å²) < 4.78 is 5.22. The van der Waals surface area contributed by atoms with Crippen LogP contribution >= 0.6 is 0 Å². The number of methoxy groups -OCH3 is 1. The van der Waals surface area contributed by atoms with Crippen LogP contribution < -0.4 is 20.1 Å². The van der Waals surface area contributed by atoms with Gasteiger partial charge in [-0.05, 0) is 43.0 Å². The summed E-state index contributed by atoms with van der Waals surface area (Å²) in [5.74, 6) is 2.17. The van der Waals surface area contributed by atoms with Gasteiger partial charge in [0.15, 0.2) is 0 Å². The summed E-state index contributed by atoms with van der Waals surface area (Å²) in [6, 6.07) is 9.76. The molecule has 2 heterocycles. The van der Waals surface area contributed by atoms with E-state index in [2.05, 4.69) is 45.7 Å². The van der Waals surface area contributed by atoms with Crippen LogP contribution in [0.1, 0.15) is 26.0 Å². The quantitative estimate of drug-likeness (QED) is 0.862. The second-order valence-corrected chi connectivity index (χ2v) is 7.16. The summed E-state index contributed by atoms with van der Waals surface area (Å²) in [6.45, 7) is 7.84. The van der Waals surface area contributed by atoms with E-state index in [0.717, 1.165) is 50.5 Å². The van der Waals surface area contributed by atoms with Crippen molar-refractivity contribution in [3.05, 3.63) is 46.4 Å². The molecule has 140 valence electrons. The molecule has 0 atom stereocenters. The van der Waals surface area contributed by atoms with Crippen molar-refractivity contribution in [1.82, 2.24) is 9.97 Å². The highest BCUT2D eigenvalue weighted by Crippen LogP contribution is 2.21. The van der Waals surface area contributed by atoms with Crippen molar-refractivity contribution in [2.24, 2.45) is 5.92 Å². The first kappa shape index (κ1) is 18.3. The third-order valence-electron chi connectivity index (χ3n) is 4.78. The van der Waals surface area contributed by atoms with Crippen LogP contribution in [0.25, 0.3) is 0 Å². The van der Waals surface area contributed by atoms with Crippen LogP contribution in [0.2, 0.25) is 0 Å². The molecule has 1 saturated heterocycles. The number of ether oxygens (including phenoxy) is 1. The van der Waals surface area contributed by atoms with Crippen molar-refractivity contribution >= 4 is 11.6 Å². The highest BCUT2D eigenvalue weighted by molar-refractivity contribution is 5.50. The largest absolute Gasteiger partial charge is 0.497 e. The lowest BCUT2D eigenvalue weighted by atomic mass is 10.1. The smallest absolute Gasteiger partial charge is 0.252 e. The van der Waals surface area contributed by atoms with Gasteiger partial charge in [-0.3, -0.25) is 9.78 Å². The Morgan fingerprint density at radius 3 is 2.38 bits per heavy atom. The first-order valence-corrected chi connectivity index (χ1v) is 9.29. The van der Waals surface area contributed by atoms with E-state index in [1.165, 1.54) is 5.69 Å². The summed E-state index contributed by atoms with van der Waals surface area (Å²) in [5.41, 5.74) is 2.01. The zero-order valence-corrected chi connectivity index (χ0v) is 15.9. The highest BCUT2D eigenvalue weighted by Gasteiger charge is 2.19. The zero-order valence-electron chi connectivity index (χ0n) is 15.9. The number of anilines is 2. The Morgan fingerprint density at radius 2 is 1.77 bits per heavy atom. The fraction of sp³-hybridized carbons (Fsp3) is 0.500. The van der Waals surface area contributed by atoms with Gasteiger partial charge in [0.1, 0.15) is 5.75 Å². The molecule has 3 rings (SSSR count). The maximum absolute atomic E-state index is 12.0. The number of piperazine rings is 1. The predicted molar refractivity (Wildman–Crippen MR) is 105 cm³/mol. The number of aromatic nitrogens is 2. The Kier molecular flexibility index (Phi) is 5.81. The van der Waals surface area contributed by atoms with Gasteiger partial charge < -0.3 is 14.5 Å². The zero-order chi connectivity index (χ0) is 18.5. The van der Waals surface area contributed by atoms with Crippen LogP contribution in [0.15, 0.2) is 35.1 Å². The maximum Gasteiger partial charge on any atom is 0.252 e. The van der Waals surface area contributed by atoms with Crippen LogP contribution in [0, 0.1) is 5.92 Å². The van der Waals surface area contributed by atoms with E-state index in [0.29, 0.717) is 11.9 Å². The van der Waals surface area contributed by atoms with E-state index in [1.54, 1.807) is 13.2 Å². The molecule has 1 N–H and O–H groups in total. The van der Waals surface area contributed by atoms with Crippen LogP contribution in [0.4, 0.5) is 11.6 Å². The summed E-state index contributed by atoms with van der Waals surface area (Å²) in [7, 11) is 1.68. The Morgan fingerprint density at radius 1 is 1.12 bits per heavy atom. The van der Waals surface area contributed by atoms with Crippen LogP contribution in [0.3, 0.4) is 0 Å². The van der Waals surface area contributed by atoms with E-state index >= 15 is 0 Å². The number of nitrogens with one attached hydrogen (secondary N) is 1. The van der Waals surface area contributed by atoms with Gasteiger partial charge in [-0.15, -0.1) is 0 Å². The predicted octanol–water partition coefficient (Wildman–Crippen LogP) is 2.69. The van der Waals surface area contributed by atoms with Crippen molar-refractivity contribution < 1.29 is 4.74 Å². The fourth-order valence-corrected chi connectivity index (χ4v) is 3.18. The number of aryl methyl sites for hydroxylation is 1. The molecule has 1 aliphatic rings. The molecule has 1 fully saturated rings. The lowest BCUT2D eigenvalue weighted by Gasteiger charge is -2.36. The first-order valence-electron chi connectivity index (χ1n) is 9.29. The van der Waals surface area contributed by atoms with Gasteiger partial charge in [0, 0.05) is 43.6 Å². The molecule has 0 bridgehead atoms. The Bertz CT molecular complexity index is 762. The third-order valence-corrected chi connectivity index (χ3v) is 4.78. The SMILES string of the molecule is COc1ccc(N2CCN(c3nc(CCC(C)C)cc(=O)[nH]3)CC2)cc1. The summed E-state index contributed by atoms with van der Waals surface area (Å²) >= 11 is 0. The Hall–Kier alpha value is -2.50. The number of benzene rings is 1. The number of H-pyrrole nitrogens is 1. The molecule has 0 saturated carbocycles. The molecule has 1 aromatic heterocycles. The van der Waals surface area contributed by atoms with Gasteiger partial charge in [-0.1, -0.05) is 13.8 Å². The molecule has 26 heavy (non-hydrogen) atoms. The average molecular weight is 356 g/mol. The van der Waals surface area contributed by atoms with Gasteiger partial charge in [0.25, 0.3) is 5.56 Å². The topological polar surface area (TPSA) is 61.5 Å². The molecule has 6 heteroatoms. The minimum absolute atomic E-state index is 0.0636. The van der Waals surface area contributed by atoms with Crippen LogP contribution in [-0.2, 0) is 6.42 Å². The minimum atomic E-state index is -0.0636. The van der Waals surface area contributed by atoms with Crippen molar-refractivity contribution in [3.8, 4) is 5.75 Å². The molecule has 1 aliphatic heterocycles. The van der Waals surface area contributed by atoms with Crippen LogP contribution in [0.5, 0.6) is 5.75 Å². The van der Waals surface area contributed by atoms with Crippen molar-refractivity contribution in [2.45, 2.75) is 26.7 Å². The third kappa shape index (κ3) is 4.56. The van der Waals surface area contributed by atoms with E-state index in [1.807, 2.05) is 12.1 Å². The molecule has 0 radical (unpaired) electrons. The van der Waals surface area contributed by atoms with Crippen molar-refractivity contribution in [2.75, 3.05) is 43.1 Å². The number of rotatable bonds is 6. The molecule has 1 aromatic carbocycles. The van der Waals surface area contributed by atoms with E-state index in [9.17, 15) is 4.79 Å². The van der Waals surface area contributed by atoms with Gasteiger partial charge >= 0.3 is 0 Å². The first-order chi connectivity index (χ1) is 12.5. The Balaban J connectivity index is 1.64. The van der Waals surface area contributed by atoms with E-state index in [-0.39, 0.29) is 5.56 Å². The molecule has 0 amide bonds. The van der Waals surface area contributed by atoms with Crippen LogP contribution in [-0.4, -0.2) is 43.3 Å². The molecular weight excluding hydrogens is 328 g/mol. The summed E-state index contributed by atoms with van der Waals surface area (Å²) in [4.78, 5) is 24.1. The lowest BCUT2D eigenvalue weighted by molar-refractivity contribution is 0.415. The highest BCUT2D eigenvalue weighted by atomic mass is 16.5. The summed E-state index contributed by atoms with van der Waals surface area (Å²) in [6.07, 6.45) is 1.89. The summed E-state index contributed by atoms with van der Waals surface area (Å²) in [5, 5.41) is 0. The number of nitrogens with zero attached hydrogens (tertiary/aromatic N) is 3. The standard InChI is InChI=1S/C20H28N4O2/c1-15(2)4-5-16-14-19(25)22-20(21-16)24-12-10-23(11-13-24)17-6-8-18(26-3)9-7-17/h6-9,14-15H,4-5,10-13H2,1-3H3,(H,21,22,25). The molecule has 0 spiro atoms. The molecule has 2 aromatic rings. The van der Waals surface area contributed by atoms with Crippen molar-refractivity contribution in [1.29, 1.82) is 0 Å². The van der Waals surface area contributed by atoms with E-state index < -0.39 is 0 Å². The maximum atomic E-state index is 12.0. The minimum Gasteiger partial charge on any atom is -0.497 e. The second kappa shape index (κ2) is 8.25. The van der Waals surface area contributed by atoms with E-state index in [4.69, 9.17) is 4.74 Å². The average Bonchev–Trinajstić information content (AvgIpc) is 2.66. The van der Waals surface area contributed by atoms with Gasteiger partial charge in [0.2, 0.25) is 5.95 Å². The lowest BCUT2D eigenvalue weighted by Crippen LogP contribution is -2.47. The second-order valence-electron chi connectivity index (χ2n) is 7.16. The fourth-order valence-electron chi connectivity index (χ4n) is 3.18. The van der Waals surface area contributed by atoms with Gasteiger partial charge in [-0.2, -0.15) is 0 Å². The van der Waals surface area contributed by atoms with Gasteiger partial charge in [-0.25, -0.2) is 4.98 Å².